The van der Waals surface area contributed by atoms with E-state index in [2.05, 4.69) is 4.99 Å². The molecule has 1 heterocycles. The van der Waals surface area contributed by atoms with Gasteiger partial charge in [-0.2, -0.15) is 0 Å². The number of aryl methyl sites for hydroxylation is 1. The topological polar surface area (TPSA) is 116 Å². The molecule has 3 N–H and O–H groups in total. The minimum absolute atomic E-state index is 0.0959. The molecule has 0 spiro atoms. The van der Waals surface area contributed by atoms with E-state index in [4.69, 9.17) is 5.73 Å². The van der Waals surface area contributed by atoms with E-state index in [0.29, 0.717) is 11.3 Å². The maximum Gasteiger partial charge on any atom is 0.323 e. The number of carbonyl (C=O) groups excluding carboxylic acids is 2. The number of carboxylic acid groups (broad SMARTS) is 1. The second kappa shape index (κ2) is 9.14. The molecule has 0 fully saturated rings. The molecule has 1 unspecified atom stereocenters. The van der Waals surface area contributed by atoms with Crippen LogP contribution in [-0.4, -0.2) is 41.4 Å². The number of aliphatic carboxylic acids is 1. The molecular weight excluding hydrogens is 439 g/mol. The number of primary amides is 1. The first kappa shape index (κ1) is 22.7. The van der Waals surface area contributed by atoms with Crippen LogP contribution in [0.5, 0.6) is 0 Å². The Morgan fingerprint density at radius 2 is 1.74 bits per heavy atom. The van der Waals surface area contributed by atoms with Gasteiger partial charge in [-0.15, -0.1) is 0 Å². The van der Waals surface area contributed by atoms with Crippen LogP contribution in [0.15, 0.2) is 77.8 Å². The number of anilines is 2. The predicted molar refractivity (Wildman–Crippen MR) is 125 cm³/mol. The van der Waals surface area contributed by atoms with Gasteiger partial charge in [0.25, 0.3) is 5.91 Å². The molecule has 0 aliphatic carbocycles. The van der Waals surface area contributed by atoms with E-state index < -0.39 is 36.4 Å². The number of halogens is 1. The molecule has 3 aromatic rings. The molecule has 1 aliphatic rings. The van der Waals surface area contributed by atoms with Crippen molar-refractivity contribution in [2.24, 2.45) is 10.7 Å². The second-order valence-corrected chi connectivity index (χ2v) is 7.71. The van der Waals surface area contributed by atoms with Gasteiger partial charge in [0, 0.05) is 16.8 Å². The smallest absolute Gasteiger partial charge is 0.323 e. The first-order valence-electron chi connectivity index (χ1n) is 10.4. The van der Waals surface area contributed by atoms with Gasteiger partial charge in [0.2, 0.25) is 6.17 Å². The highest BCUT2D eigenvalue weighted by molar-refractivity contribution is 6.21. The number of nitrogens with zero attached hydrogens (tertiary/aromatic N) is 3. The first-order valence-corrected chi connectivity index (χ1v) is 10.4. The third kappa shape index (κ3) is 4.23. The number of nitrogens with two attached hydrogens (primary N) is 1. The molecule has 0 radical (unpaired) electrons. The molecule has 0 saturated heterocycles. The van der Waals surface area contributed by atoms with Crippen molar-refractivity contribution >= 4 is 35.0 Å². The Balaban J connectivity index is 2.01. The van der Waals surface area contributed by atoms with E-state index in [1.165, 1.54) is 18.2 Å². The van der Waals surface area contributed by atoms with E-state index in [0.717, 1.165) is 15.4 Å². The third-order valence-electron chi connectivity index (χ3n) is 5.37. The maximum absolute atomic E-state index is 14.9. The number of para-hydroxylation sites is 1. The average molecular weight is 460 g/mol. The second-order valence-electron chi connectivity index (χ2n) is 7.71. The largest absolute Gasteiger partial charge is 0.480 e. The van der Waals surface area contributed by atoms with Gasteiger partial charge in [0.15, 0.2) is 0 Å². The van der Waals surface area contributed by atoms with Crippen LogP contribution in [0.4, 0.5) is 20.6 Å². The summed E-state index contributed by atoms with van der Waals surface area (Å²) in [5.41, 5.74) is 7.55. The number of aliphatic imine (C=N–C) groups is 1. The van der Waals surface area contributed by atoms with Crippen molar-refractivity contribution in [3.05, 3.63) is 95.3 Å². The molecule has 1 aliphatic heterocycles. The van der Waals surface area contributed by atoms with E-state index in [9.17, 15) is 23.9 Å². The molecule has 0 saturated carbocycles. The van der Waals surface area contributed by atoms with Crippen LogP contribution in [0.3, 0.4) is 0 Å². The summed E-state index contributed by atoms with van der Waals surface area (Å²) in [7, 11) is 0. The van der Waals surface area contributed by atoms with Crippen LogP contribution in [0, 0.1) is 12.7 Å². The molecule has 3 aromatic carbocycles. The van der Waals surface area contributed by atoms with Crippen molar-refractivity contribution < 1.29 is 23.9 Å². The molecule has 8 nitrogen and oxygen atoms in total. The minimum atomic E-state index is -1.57. The number of benzene rings is 3. The van der Waals surface area contributed by atoms with Crippen molar-refractivity contribution in [3.8, 4) is 0 Å². The van der Waals surface area contributed by atoms with Crippen molar-refractivity contribution in [1.29, 1.82) is 0 Å². The van der Waals surface area contributed by atoms with Crippen LogP contribution in [-0.2, 0) is 9.59 Å². The number of rotatable bonds is 5. The van der Waals surface area contributed by atoms with Gasteiger partial charge >= 0.3 is 12.0 Å². The Kier molecular flexibility index (Phi) is 6.09. The van der Waals surface area contributed by atoms with Crippen LogP contribution in [0.1, 0.15) is 16.7 Å². The predicted octanol–water partition coefficient (Wildman–Crippen LogP) is 3.31. The molecule has 9 heteroatoms. The summed E-state index contributed by atoms with van der Waals surface area (Å²) >= 11 is 0. The standard InChI is InChI=1S/C25H21FN4O4/c1-15-7-6-8-16(13-15)30(25(27)34)23-24(33)29(14-21(31)32)20-12-5-3-10-18(20)22(28-23)17-9-2-4-11-19(17)26/h2-13,23H,14H2,1H3,(H2,27,34)(H,31,32). The number of fused-ring (bicyclic) bond motifs is 1. The average Bonchev–Trinajstić information content (AvgIpc) is 2.90. The van der Waals surface area contributed by atoms with Crippen molar-refractivity contribution in [1.82, 2.24) is 0 Å². The van der Waals surface area contributed by atoms with E-state index in [-0.39, 0.29) is 17.0 Å². The normalized spacial score (nSPS) is 15.2. The maximum atomic E-state index is 14.9. The van der Waals surface area contributed by atoms with E-state index in [1.54, 1.807) is 61.5 Å². The summed E-state index contributed by atoms with van der Waals surface area (Å²) < 4.78 is 14.9. The van der Waals surface area contributed by atoms with Gasteiger partial charge < -0.3 is 10.8 Å². The van der Waals surface area contributed by atoms with Gasteiger partial charge in [-0.3, -0.25) is 19.4 Å². The van der Waals surface area contributed by atoms with Crippen LogP contribution in [0.2, 0.25) is 0 Å². The third-order valence-corrected chi connectivity index (χ3v) is 5.37. The van der Waals surface area contributed by atoms with Gasteiger partial charge in [-0.05, 0) is 42.8 Å². The monoisotopic (exact) mass is 460 g/mol. The summed E-state index contributed by atoms with van der Waals surface area (Å²) in [5, 5.41) is 9.52. The van der Waals surface area contributed by atoms with Crippen molar-refractivity contribution in [2.75, 3.05) is 16.3 Å². The highest BCUT2D eigenvalue weighted by atomic mass is 19.1. The Morgan fingerprint density at radius 3 is 2.38 bits per heavy atom. The molecule has 34 heavy (non-hydrogen) atoms. The molecule has 0 bridgehead atoms. The zero-order valence-corrected chi connectivity index (χ0v) is 18.2. The van der Waals surface area contributed by atoms with Gasteiger partial charge in [-0.1, -0.05) is 42.5 Å². The lowest BCUT2D eigenvalue weighted by Gasteiger charge is -2.30. The first-order chi connectivity index (χ1) is 16.3. The van der Waals surface area contributed by atoms with Gasteiger partial charge in [-0.25, -0.2) is 14.2 Å². The molecule has 4 rings (SSSR count). The number of urea groups is 1. The van der Waals surface area contributed by atoms with Crippen molar-refractivity contribution in [3.63, 3.8) is 0 Å². The fourth-order valence-electron chi connectivity index (χ4n) is 3.92. The molecule has 1 atom stereocenters. The number of hydrogen-bond acceptors (Lipinski definition) is 4. The molecule has 0 aromatic heterocycles. The van der Waals surface area contributed by atoms with E-state index >= 15 is 0 Å². The number of amides is 3. The fraction of sp³-hybridized carbons (Fsp3) is 0.120. The molecule has 3 amide bonds. The summed E-state index contributed by atoms with van der Waals surface area (Å²) in [4.78, 5) is 44.5. The fourth-order valence-corrected chi connectivity index (χ4v) is 3.92. The van der Waals surface area contributed by atoms with E-state index in [1.807, 2.05) is 0 Å². The summed E-state index contributed by atoms with van der Waals surface area (Å²) in [6.45, 7) is 1.12. The quantitative estimate of drug-likeness (QED) is 0.608. The number of benzodiazepines with no additional fused rings is 1. The summed E-state index contributed by atoms with van der Waals surface area (Å²) in [5.74, 6) is -2.64. The Bertz CT molecular complexity index is 1320. The Hall–Kier alpha value is -4.53. The zero-order chi connectivity index (χ0) is 24.4. The SMILES string of the molecule is Cc1cccc(N(C(N)=O)C2N=C(c3ccccc3F)c3ccccc3N(CC(=O)O)C2=O)c1. The Morgan fingerprint density at radius 1 is 1.06 bits per heavy atom. The number of carbonyl (C=O) groups is 3. The van der Waals surface area contributed by atoms with Gasteiger partial charge in [0.05, 0.1) is 11.4 Å². The summed E-state index contributed by atoms with van der Waals surface area (Å²) in [6.07, 6.45) is -1.57. The van der Waals surface area contributed by atoms with Crippen LogP contribution < -0.4 is 15.5 Å². The zero-order valence-electron chi connectivity index (χ0n) is 18.2. The highest BCUT2D eigenvalue weighted by Gasteiger charge is 2.39. The Labute approximate surface area is 194 Å². The highest BCUT2D eigenvalue weighted by Crippen LogP contribution is 2.31. The van der Waals surface area contributed by atoms with Crippen molar-refractivity contribution in [2.45, 2.75) is 13.1 Å². The van der Waals surface area contributed by atoms with Gasteiger partial charge in [0.1, 0.15) is 12.4 Å². The summed E-state index contributed by atoms with van der Waals surface area (Å²) in [6, 6.07) is 18.1. The molecule has 172 valence electrons. The van der Waals surface area contributed by atoms with Crippen LogP contribution >= 0.6 is 0 Å². The number of hydrogen-bond donors (Lipinski definition) is 2. The lowest BCUT2D eigenvalue weighted by molar-refractivity contribution is -0.136. The lowest BCUT2D eigenvalue weighted by Crippen LogP contribution is -2.53. The van der Waals surface area contributed by atoms with Crippen LogP contribution in [0.25, 0.3) is 0 Å². The molecular formula is C25H21FN4O4. The minimum Gasteiger partial charge on any atom is -0.480 e. The lowest BCUT2D eigenvalue weighted by atomic mass is 9.99. The number of carboxylic acids is 1.